The first-order valence-corrected chi connectivity index (χ1v) is 5.25. The van der Waals surface area contributed by atoms with Gasteiger partial charge in [0.25, 0.3) is 0 Å². The van der Waals surface area contributed by atoms with Crippen molar-refractivity contribution in [1.29, 1.82) is 0 Å². The molecule has 6 nitrogen and oxygen atoms in total. The van der Waals surface area contributed by atoms with E-state index in [2.05, 4.69) is 5.10 Å². The summed E-state index contributed by atoms with van der Waals surface area (Å²) in [5.41, 5.74) is 5.94. The second-order valence-corrected chi connectivity index (χ2v) is 3.76. The Morgan fingerprint density at radius 1 is 1.50 bits per heavy atom. The van der Waals surface area contributed by atoms with Crippen LogP contribution in [0.3, 0.4) is 0 Å². The Balaban J connectivity index is 2.29. The molecule has 0 aliphatic heterocycles. The maximum absolute atomic E-state index is 13.8. The molecule has 2 N–H and O–H groups in total. The zero-order valence-corrected chi connectivity index (χ0v) is 9.41. The Bertz CT molecular complexity index is 582. The molecule has 0 aliphatic rings. The number of halogens is 1. The standard InChI is InChI=1S/C11H11FN4O2/c12-11-9(2-1-3-10(11)16(17)18)7-15-6-8(4-13)5-14-15/h1-3,5-6H,4,7,13H2. The Hall–Kier alpha value is -2.28. The number of nitrogens with two attached hydrogens (primary N) is 1. The van der Waals surface area contributed by atoms with E-state index in [0.29, 0.717) is 6.54 Å². The molecule has 2 rings (SSSR count). The van der Waals surface area contributed by atoms with Crippen molar-refractivity contribution in [1.82, 2.24) is 9.78 Å². The molecule has 1 heterocycles. The van der Waals surface area contributed by atoms with Gasteiger partial charge in [-0.25, -0.2) is 0 Å². The number of nitro groups is 1. The monoisotopic (exact) mass is 250 g/mol. The van der Waals surface area contributed by atoms with E-state index < -0.39 is 16.4 Å². The summed E-state index contributed by atoms with van der Waals surface area (Å²) in [7, 11) is 0. The van der Waals surface area contributed by atoms with Crippen LogP contribution in [0.2, 0.25) is 0 Å². The van der Waals surface area contributed by atoms with E-state index in [1.165, 1.54) is 16.8 Å². The van der Waals surface area contributed by atoms with Crippen LogP contribution in [0.4, 0.5) is 10.1 Å². The summed E-state index contributed by atoms with van der Waals surface area (Å²) in [5, 5.41) is 14.6. The summed E-state index contributed by atoms with van der Waals surface area (Å²) in [6.45, 7) is 0.477. The normalized spacial score (nSPS) is 10.6. The molecule has 0 amide bonds. The number of benzene rings is 1. The lowest BCUT2D eigenvalue weighted by molar-refractivity contribution is -0.387. The van der Waals surface area contributed by atoms with Gasteiger partial charge in [0, 0.05) is 29.9 Å². The van der Waals surface area contributed by atoms with Crippen LogP contribution in [0.25, 0.3) is 0 Å². The zero-order chi connectivity index (χ0) is 13.1. The molecule has 0 unspecified atom stereocenters. The quantitative estimate of drug-likeness (QED) is 0.657. The molecule has 7 heteroatoms. The molecule has 0 atom stereocenters. The largest absolute Gasteiger partial charge is 0.326 e. The first-order valence-electron chi connectivity index (χ1n) is 5.25. The Morgan fingerprint density at radius 2 is 2.28 bits per heavy atom. The molecule has 1 aromatic heterocycles. The summed E-state index contributed by atoms with van der Waals surface area (Å²) in [5.74, 6) is -0.827. The maximum atomic E-state index is 13.8. The molecule has 1 aromatic carbocycles. The van der Waals surface area contributed by atoms with Crippen LogP contribution >= 0.6 is 0 Å². The second-order valence-electron chi connectivity index (χ2n) is 3.76. The van der Waals surface area contributed by atoms with Crippen LogP contribution in [-0.2, 0) is 13.1 Å². The zero-order valence-electron chi connectivity index (χ0n) is 9.41. The third kappa shape index (κ3) is 2.35. The van der Waals surface area contributed by atoms with E-state index in [1.54, 1.807) is 12.4 Å². The van der Waals surface area contributed by atoms with Crippen LogP contribution in [0.5, 0.6) is 0 Å². The highest BCUT2D eigenvalue weighted by Gasteiger charge is 2.17. The smallest absolute Gasteiger partial charge is 0.305 e. The molecular weight excluding hydrogens is 239 g/mol. The molecule has 18 heavy (non-hydrogen) atoms. The van der Waals surface area contributed by atoms with Gasteiger partial charge in [-0.15, -0.1) is 0 Å². The minimum absolute atomic E-state index is 0.132. The highest BCUT2D eigenvalue weighted by molar-refractivity contribution is 5.36. The first kappa shape index (κ1) is 12.2. The van der Waals surface area contributed by atoms with E-state index in [9.17, 15) is 14.5 Å². The molecule has 94 valence electrons. The van der Waals surface area contributed by atoms with E-state index >= 15 is 0 Å². The molecule has 0 fully saturated rings. The number of nitrogens with zero attached hydrogens (tertiary/aromatic N) is 3. The Morgan fingerprint density at radius 3 is 2.89 bits per heavy atom. The summed E-state index contributed by atoms with van der Waals surface area (Å²) in [6.07, 6.45) is 3.26. The minimum Gasteiger partial charge on any atom is -0.326 e. The van der Waals surface area contributed by atoms with Crippen LogP contribution < -0.4 is 5.73 Å². The van der Waals surface area contributed by atoms with Crippen LogP contribution in [-0.4, -0.2) is 14.7 Å². The molecular formula is C11H11FN4O2. The van der Waals surface area contributed by atoms with Crippen molar-refractivity contribution in [2.45, 2.75) is 13.1 Å². The average molecular weight is 250 g/mol. The molecule has 0 saturated carbocycles. The number of hydrogen-bond donors (Lipinski definition) is 1. The summed E-state index contributed by atoms with van der Waals surface area (Å²) < 4.78 is 15.3. The summed E-state index contributed by atoms with van der Waals surface area (Å²) >= 11 is 0. The van der Waals surface area contributed by atoms with Crippen molar-refractivity contribution in [2.24, 2.45) is 5.73 Å². The van der Waals surface area contributed by atoms with Crippen molar-refractivity contribution in [3.05, 3.63) is 57.7 Å². The van der Waals surface area contributed by atoms with Gasteiger partial charge in [-0.3, -0.25) is 14.8 Å². The van der Waals surface area contributed by atoms with Gasteiger partial charge in [0.1, 0.15) is 0 Å². The second kappa shape index (κ2) is 4.92. The van der Waals surface area contributed by atoms with Crippen LogP contribution in [0.15, 0.2) is 30.6 Å². The van der Waals surface area contributed by atoms with Crippen molar-refractivity contribution in [3.63, 3.8) is 0 Å². The fourth-order valence-electron chi connectivity index (χ4n) is 1.60. The number of rotatable bonds is 4. The molecule has 0 aliphatic carbocycles. The van der Waals surface area contributed by atoms with Gasteiger partial charge < -0.3 is 5.73 Å². The number of nitro benzene ring substituents is 1. The number of hydrogen-bond acceptors (Lipinski definition) is 4. The van der Waals surface area contributed by atoms with Crippen molar-refractivity contribution in [3.8, 4) is 0 Å². The lowest BCUT2D eigenvalue weighted by atomic mass is 10.2. The highest BCUT2D eigenvalue weighted by Crippen LogP contribution is 2.20. The van der Waals surface area contributed by atoms with Crippen molar-refractivity contribution >= 4 is 5.69 Å². The number of aromatic nitrogens is 2. The SMILES string of the molecule is NCc1cnn(Cc2cccc([N+](=O)[O-])c2F)c1. The lowest BCUT2D eigenvalue weighted by Gasteiger charge is -2.03. The van der Waals surface area contributed by atoms with Gasteiger partial charge in [0.15, 0.2) is 0 Å². The van der Waals surface area contributed by atoms with Gasteiger partial charge in [0.05, 0.1) is 17.7 Å². The van der Waals surface area contributed by atoms with E-state index in [1.807, 2.05) is 0 Å². The third-order valence-corrected chi connectivity index (χ3v) is 2.51. The predicted molar refractivity (Wildman–Crippen MR) is 62.3 cm³/mol. The fraction of sp³-hybridized carbons (Fsp3) is 0.182. The molecule has 0 spiro atoms. The van der Waals surface area contributed by atoms with Crippen LogP contribution in [0, 0.1) is 15.9 Å². The average Bonchev–Trinajstić information content (AvgIpc) is 2.79. The lowest BCUT2D eigenvalue weighted by Crippen LogP contribution is -2.04. The maximum Gasteiger partial charge on any atom is 0.305 e. The third-order valence-electron chi connectivity index (χ3n) is 2.51. The Labute approximate surface area is 102 Å². The molecule has 0 radical (unpaired) electrons. The van der Waals surface area contributed by atoms with Crippen molar-refractivity contribution in [2.75, 3.05) is 0 Å². The summed E-state index contributed by atoms with van der Waals surface area (Å²) in [4.78, 5) is 9.86. The fourth-order valence-corrected chi connectivity index (χ4v) is 1.60. The van der Waals surface area contributed by atoms with E-state index in [-0.39, 0.29) is 12.1 Å². The van der Waals surface area contributed by atoms with Gasteiger partial charge in [-0.1, -0.05) is 12.1 Å². The van der Waals surface area contributed by atoms with Crippen LogP contribution in [0.1, 0.15) is 11.1 Å². The first-order chi connectivity index (χ1) is 8.61. The van der Waals surface area contributed by atoms with E-state index in [4.69, 9.17) is 5.73 Å². The van der Waals surface area contributed by atoms with Gasteiger partial charge in [-0.05, 0) is 0 Å². The summed E-state index contributed by atoms with van der Waals surface area (Å²) in [6, 6.07) is 4.07. The highest BCUT2D eigenvalue weighted by atomic mass is 19.1. The predicted octanol–water partition coefficient (Wildman–Crippen LogP) is 1.44. The van der Waals surface area contributed by atoms with Gasteiger partial charge in [0.2, 0.25) is 5.82 Å². The topological polar surface area (TPSA) is 87.0 Å². The van der Waals surface area contributed by atoms with E-state index in [0.717, 1.165) is 11.6 Å². The molecule has 2 aromatic rings. The van der Waals surface area contributed by atoms with Gasteiger partial charge >= 0.3 is 5.69 Å². The molecule has 0 saturated heterocycles. The minimum atomic E-state index is -0.827. The molecule has 0 bridgehead atoms. The van der Waals surface area contributed by atoms with Crippen molar-refractivity contribution < 1.29 is 9.31 Å². The Kier molecular flexibility index (Phi) is 3.33. The van der Waals surface area contributed by atoms with Gasteiger partial charge in [-0.2, -0.15) is 9.49 Å².